The van der Waals surface area contributed by atoms with Crippen molar-refractivity contribution >= 4 is 95.0 Å². The molecule has 89 heavy (non-hydrogen) atoms. The molecule has 10 heterocycles. The van der Waals surface area contributed by atoms with Crippen LogP contribution in [0.5, 0.6) is 0 Å². The molecule has 0 spiro atoms. The Morgan fingerprint density at radius 3 is 1.30 bits per heavy atom. The fourth-order valence-electron chi connectivity index (χ4n) is 13.7. The maximum Gasteiger partial charge on any atom is 0.243 e. The largest absolute Gasteiger partial charge is 0.382 e. The third kappa shape index (κ3) is 14.3. The van der Waals surface area contributed by atoms with Crippen molar-refractivity contribution in [3.63, 3.8) is 0 Å². The zero-order chi connectivity index (χ0) is 62.3. The first-order valence-corrected chi connectivity index (χ1v) is 33.2. The summed E-state index contributed by atoms with van der Waals surface area (Å²) in [5, 5.41) is 10.1. The van der Waals surface area contributed by atoms with Gasteiger partial charge in [0.25, 0.3) is 0 Å². The minimum Gasteiger partial charge on any atom is -0.382 e. The first-order chi connectivity index (χ1) is 43.0. The van der Waals surface area contributed by atoms with Gasteiger partial charge in [-0.25, -0.2) is 12.7 Å². The molecule has 15 rings (SSSR count). The van der Waals surface area contributed by atoms with E-state index < -0.39 is 10.0 Å². The molecule has 5 fully saturated rings. The number of sulfonamides is 1. The summed E-state index contributed by atoms with van der Waals surface area (Å²) in [5.41, 5.74) is 11.9. The fourth-order valence-corrected chi connectivity index (χ4v) is 14.6. The Balaban J connectivity index is 0.000000115. The van der Waals surface area contributed by atoms with E-state index in [-0.39, 0.29) is 29.5 Å². The molecular formula is C69H84N12O7S. The molecule has 5 aromatic carbocycles. The zero-order valence-electron chi connectivity index (χ0n) is 51.8. The number of hydrogen-bond donors (Lipinski definition) is 5. The predicted molar refractivity (Wildman–Crippen MR) is 354 cm³/mol. The molecule has 0 bridgehead atoms. The van der Waals surface area contributed by atoms with Crippen molar-refractivity contribution in [2.45, 2.75) is 89.6 Å². The lowest BCUT2D eigenvalue weighted by molar-refractivity contribution is -0.133. The van der Waals surface area contributed by atoms with Crippen molar-refractivity contribution in [3.05, 3.63) is 157 Å². The van der Waals surface area contributed by atoms with Crippen molar-refractivity contribution in [2.24, 2.45) is 0 Å². The summed E-state index contributed by atoms with van der Waals surface area (Å²) < 4.78 is 24.1. The topological polar surface area (TPSA) is 214 Å². The second-order valence-electron chi connectivity index (χ2n) is 24.5. The lowest BCUT2D eigenvalue weighted by Gasteiger charge is -2.42. The number of H-pyrrole nitrogens is 3. The van der Waals surface area contributed by atoms with Crippen LogP contribution in [0.3, 0.4) is 0 Å². The molecule has 7 aliphatic heterocycles. The number of carbonyl (C=O) groups is 5. The lowest BCUT2D eigenvalue weighted by Crippen LogP contribution is -2.50. The van der Waals surface area contributed by atoms with Crippen LogP contribution >= 0.6 is 0 Å². The van der Waals surface area contributed by atoms with Crippen LogP contribution in [-0.2, 0) is 34.0 Å². The smallest absolute Gasteiger partial charge is 0.243 e. The zero-order valence-corrected chi connectivity index (χ0v) is 52.6. The van der Waals surface area contributed by atoms with Crippen LogP contribution in [0, 0.1) is 0 Å². The van der Waals surface area contributed by atoms with Crippen molar-refractivity contribution in [1.82, 2.24) is 38.9 Å². The molecule has 1 atom stereocenters. The van der Waals surface area contributed by atoms with Crippen LogP contribution in [-0.4, -0.2) is 180 Å². The van der Waals surface area contributed by atoms with Gasteiger partial charge in [-0.15, -0.1) is 0 Å². The molecule has 5 amide bonds. The Kier molecular flexibility index (Phi) is 19.1. The first-order valence-electron chi connectivity index (χ1n) is 31.4. The van der Waals surface area contributed by atoms with Gasteiger partial charge >= 0.3 is 0 Å². The molecule has 20 heteroatoms. The van der Waals surface area contributed by atoms with Gasteiger partial charge in [-0.3, -0.25) is 24.0 Å². The molecule has 0 aliphatic carbocycles. The SMILES string of the molecule is CC(=O)N1CC(c2c[nH]c3ccccc23)C1.CC(=O)N1CCC(N2CC(=O)Nc3ccccc32)CC1.CC(=O)N1CCC(N2CCNc3ccccc32)CC1.CC(=O)N1CCC(c2c[nH]c3ccccc23)C1.CS(=O)(=O)N1CC(c2c[nH]c3ccccc23)C1. The molecule has 5 saturated heterocycles. The number of aromatic nitrogens is 3. The van der Waals surface area contributed by atoms with Crippen LogP contribution in [0.15, 0.2) is 140 Å². The Morgan fingerprint density at radius 2 is 0.831 bits per heavy atom. The average molecular weight is 1230 g/mol. The van der Waals surface area contributed by atoms with Crippen LogP contribution in [0.25, 0.3) is 32.7 Å². The number of fused-ring (bicyclic) bond motifs is 5. The molecule has 0 radical (unpaired) electrons. The van der Waals surface area contributed by atoms with E-state index in [1.165, 1.54) is 65.8 Å². The second kappa shape index (κ2) is 27.4. The second-order valence-corrected chi connectivity index (χ2v) is 26.5. The van der Waals surface area contributed by atoms with E-state index >= 15 is 0 Å². The number of piperidine rings is 2. The maximum absolute atomic E-state index is 11.8. The maximum atomic E-state index is 11.8. The van der Waals surface area contributed by atoms with Gasteiger partial charge in [-0.2, -0.15) is 0 Å². The highest BCUT2D eigenvalue weighted by Crippen LogP contribution is 2.38. The van der Waals surface area contributed by atoms with E-state index in [1.54, 1.807) is 27.7 Å². The predicted octanol–water partition coefficient (Wildman–Crippen LogP) is 9.53. The van der Waals surface area contributed by atoms with Crippen LogP contribution in [0.2, 0.25) is 0 Å². The number of aromatic amines is 3. The summed E-state index contributed by atoms with van der Waals surface area (Å²) >= 11 is 0. The molecule has 1 unspecified atom stereocenters. The summed E-state index contributed by atoms with van der Waals surface area (Å²) in [6, 6.07) is 42.1. The quantitative estimate of drug-likeness (QED) is 0.106. The molecule has 8 aromatic rings. The van der Waals surface area contributed by atoms with E-state index in [0.717, 1.165) is 114 Å². The summed E-state index contributed by atoms with van der Waals surface area (Å²) in [5.74, 6) is 2.05. The molecule has 0 saturated carbocycles. The van der Waals surface area contributed by atoms with Gasteiger partial charge < -0.3 is 55.0 Å². The minimum absolute atomic E-state index is 0.0395. The number of amides is 5. The monoisotopic (exact) mass is 1220 g/mol. The van der Waals surface area contributed by atoms with Crippen molar-refractivity contribution < 1.29 is 32.4 Å². The van der Waals surface area contributed by atoms with E-state index in [4.69, 9.17) is 0 Å². The highest BCUT2D eigenvalue weighted by molar-refractivity contribution is 7.88. The summed E-state index contributed by atoms with van der Waals surface area (Å²) in [6.45, 7) is 17.0. The van der Waals surface area contributed by atoms with Gasteiger partial charge in [-0.1, -0.05) is 78.9 Å². The molecular weight excluding hydrogens is 1140 g/mol. The van der Waals surface area contributed by atoms with Crippen LogP contribution in [0.4, 0.5) is 22.7 Å². The molecule has 7 aliphatic rings. The van der Waals surface area contributed by atoms with E-state index in [2.05, 4.69) is 115 Å². The van der Waals surface area contributed by atoms with E-state index in [9.17, 15) is 32.4 Å². The van der Waals surface area contributed by atoms with Gasteiger partial charge in [0.1, 0.15) is 0 Å². The third-order valence-corrected chi connectivity index (χ3v) is 20.1. The third-order valence-electron chi connectivity index (χ3n) is 18.8. The Morgan fingerprint density at radius 1 is 0.438 bits per heavy atom. The van der Waals surface area contributed by atoms with Crippen LogP contribution < -0.4 is 20.4 Å². The lowest BCUT2D eigenvalue weighted by atomic mass is 9.91. The Labute approximate surface area is 521 Å². The number of anilines is 4. The molecule has 19 nitrogen and oxygen atoms in total. The first kappa shape index (κ1) is 62.0. The number of rotatable bonds is 6. The van der Waals surface area contributed by atoms with E-state index in [0.29, 0.717) is 49.5 Å². The van der Waals surface area contributed by atoms with Crippen molar-refractivity contribution in [1.29, 1.82) is 0 Å². The number of carbonyl (C=O) groups excluding carboxylic acids is 5. The molecule has 3 aromatic heterocycles. The Hall–Kier alpha value is -8.62. The summed E-state index contributed by atoms with van der Waals surface area (Å²) in [4.78, 5) is 79.2. The number of para-hydroxylation sites is 7. The summed E-state index contributed by atoms with van der Waals surface area (Å²) in [6.07, 6.45) is 12.5. The fraction of sp³-hybridized carbons (Fsp3) is 0.406. The number of hydrogen-bond acceptors (Lipinski definition) is 10. The minimum atomic E-state index is -3.02. The number of likely N-dealkylation sites (tertiary alicyclic amines) is 4. The normalized spacial score (nSPS) is 18.9. The Bertz CT molecular complexity index is 3920. The molecule has 5 N–H and O–H groups in total. The van der Waals surface area contributed by atoms with Gasteiger partial charge in [0, 0.05) is 187 Å². The number of nitrogens with one attached hydrogen (secondary N) is 5. The van der Waals surface area contributed by atoms with Gasteiger partial charge in [0.2, 0.25) is 39.6 Å². The van der Waals surface area contributed by atoms with Gasteiger partial charge in [-0.05, 0) is 91.3 Å². The molecule has 468 valence electrons. The highest BCUT2D eigenvalue weighted by atomic mass is 32.2. The van der Waals surface area contributed by atoms with Gasteiger partial charge in [0.15, 0.2) is 0 Å². The average Bonchev–Trinajstić information content (AvgIpc) is 1.95. The number of nitrogens with zero attached hydrogens (tertiary/aromatic N) is 7. The van der Waals surface area contributed by atoms with Gasteiger partial charge in [0.05, 0.1) is 35.6 Å². The van der Waals surface area contributed by atoms with Crippen LogP contribution in [0.1, 0.15) is 94.2 Å². The van der Waals surface area contributed by atoms with E-state index in [1.807, 2.05) is 80.4 Å². The van der Waals surface area contributed by atoms with Crippen molar-refractivity contribution in [3.8, 4) is 0 Å². The standard InChI is InChI=1S/C15H19N3O2.C15H21N3O.C14H16N2O.C13H14N2O.C12H14N2O2S/c1-11(19)17-8-6-12(7-9-17)18-10-15(20)16-13-4-2-3-5-14(13)18;1-12(19)17-9-6-13(7-10-17)18-11-8-16-14-4-2-3-5-15(14)18;1-10(17)16-7-6-11(9-16)13-8-15-14-5-3-2-4-12(13)14;1-9(16)15-7-10(8-15)12-6-14-13-5-3-2-4-11(12)13;1-17(15,16)14-7-9(8-14)11-6-13-12-5-3-2-4-10(11)12/h2-5,12H,6-10H2,1H3,(H,16,20);2-5,13,16H,6-11H2,1H3;2-5,8,11,15H,6-7,9H2,1H3;2-6,10,14H,7-8H2,1H3;2-6,9,13H,7-8H2,1H3. The number of benzene rings is 5. The highest BCUT2D eigenvalue weighted by Gasteiger charge is 2.36. The van der Waals surface area contributed by atoms with Crippen molar-refractivity contribution in [2.75, 3.05) is 112 Å². The summed E-state index contributed by atoms with van der Waals surface area (Å²) in [7, 11) is -3.02.